The predicted octanol–water partition coefficient (Wildman–Crippen LogP) is 17.9. The van der Waals surface area contributed by atoms with Crippen molar-refractivity contribution in [2.45, 2.75) is 0 Å². The summed E-state index contributed by atoms with van der Waals surface area (Å²) in [4.78, 5) is 2.46. The Kier molecular flexibility index (Phi) is 7.43. The van der Waals surface area contributed by atoms with E-state index in [1.54, 1.807) is 0 Å². The van der Waals surface area contributed by atoms with Gasteiger partial charge >= 0.3 is 0 Å². The maximum Gasteiger partial charge on any atom is 0.143 e. The van der Waals surface area contributed by atoms with Crippen LogP contribution < -0.4 is 4.90 Å². The van der Waals surface area contributed by atoms with Crippen molar-refractivity contribution in [3.63, 3.8) is 0 Å². The third-order valence-electron chi connectivity index (χ3n) is 13.8. The van der Waals surface area contributed by atoms with E-state index in [9.17, 15) is 0 Å². The van der Waals surface area contributed by atoms with E-state index < -0.39 is 0 Å². The quantitative estimate of drug-likeness (QED) is 0.161. The molecule has 296 valence electrons. The monoisotopic (exact) mass is 811 g/mol. The molecule has 1 heterocycles. The lowest BCUT2D eigenvalue weighted by Crippen LogP contribution is -2.10. The first-order valence-corrected chi connectivity index (χ1v) is 22.1. The summed E-state index contributed by atoms with van der Waals surface area (Å²) in [6, 6.07) is 82.5. The summed E-state index contributed by atoms with van der Waals surface area (Å²) in [6.07, 6.45) is 0. The highest BCUT2D eigenvalue weighted by atomic mass is 16.3. The lowest BCUT2D eigenvalue weighted by molar-refractivity contribution is 0.670. The summed E-state index contributed by atoms with van der Waals surface area (Å²) in [5.74, 6) is 0. The molecule has 1 aromatic heterocycles. The second kappa shape index (κ2) is 13.5. The average molecular weight is 812 g/mol. The molecule has 2 heteroatoms. The number of hydrogen-bond acceptors (Lipinski definition) is 2. The van der Waals surface area contributed by atoms with E-state index in [4.69, 9.17) is 4.42 Å². The van der Waals surface area contributed by atoms with E-state index >= 15 is 0 Å². The van der Waals surface area contributed by atoms with Gasteiger partial charge in [0.2, 0.25) is 0 Å². The van der Waals surface area contributed by atoms with E-state index in [-0.39, 0.29) is 0 Å². The van der Waals surface area contributed by atoms with Gasteiger partial charge in [0, 0.05) is 38.5 Å². The Morgan fingerprint density at radius 3 is 1.44 bits per heavy atom. The number of para-hydroxylation sites is 2. The lowest BCUT2D eigenvalue weighted by Gasteiger charge is -2.28. The minimum absolute atomic E-state index is 0.904. The van der Waals surface area contributed by atoms with Crippen molar-refractivity contribution < 1.29 is 4.42 Å². The second-order valence-corrected chi connectivity index (χ2v) is 17.1. The van der Waals surface area contributed by atoms with Gasteiger partial charge in [-0.2, -0.15) is 0 Å². The standard InChI is InChI=1S/C62H37NO/c1-2-16-46-38(11-1)12-5-18-47(46)39-29-33-44(34-30-39)63(45-35-31-40(32-36-45)48-19-9-24-54-49-17-3-4-26-57(49)64-62(48)54)56-37-43-15-8-22-51-50-20-6-13-41-27-28-42-14-7-21-52(59(42)58(41)50)53-23-10-25-55(56)61(53)60(43)51/h1-37H. The maximum atomic E-state index is 6.51. The van der Waals surface area contributed by atoms with Crippen molar-refractivity contribution in [1.82, 2.24) is 0 Å². The minimum atomic E-state index is 0.904. The Bertz CT molecular complexity index is 4170. The number of fused-ring (bicyclic) bond motifs is 6. The normalized spacial score (nSPS) is 12.1. The fourth-order valence-electron chi connectivity index (χ4n) is 10.9. The molecule has 0 saturated carbocycles. The van der Waals surface area contributed by atoms with E-state index in [1.165, 1.54) is 86.5 Å². The van der Waals surface area contributed by atoms with Crippen LogP contribution in [0.3, 0.4) is 0 Å². The Hall–Kier alpha value is -8.46. The molecule has 0 unspecified atom stereocenters. The molecule has 2 nitrogen and oxygen atoms in total. The highest BCUT2D eigenvalue weighted by Gasteiger charge is 2.22. The molecule has 0 bridgehead atoms. The smallest absolute Gasteiger partial charge is 0.143 e. The van der Waals surface area contributed by atoms with Crippen LogP contribution in [-0.4, -0.2) is 0 Å². The second-order valence-electron chi connectivity index (χ2n) is 17.1. The zero-order valence-corrected chi connectivity index (χ0v) is 34.7. The fourth-order valence-corrected chi connectivity index (χ4v) is 10.9. The highest BCUT2D eigenvalue weighted by Crippen LogP contribution is 2.49. The summed E-state index contributed by atoms with van der Waals surface area (Å²) < 4.78 is 6.51. The van der Waals surface area contributed by atoms with Crippen molar-refractivity contribution in [3.05, 3.63) is 224 Å². The van der Waals surface area contributed by atoms with Gasteiger partial charge in [-0.05, 0) is 118 Å². The molecular formula is C62H37NO. The Morgan fingerprint density at radius 1 is 0.281 bits per heavy atom. The van der Waals surface area contributed by atoms with Gasteiger partial charge in [0.05, 0.1) is 5.69 Å². The molecule has 0 spiro atoms. The van der Waals surface area contributed by atoms with Gasteiger partial charge in [-0.3, -0.25) is 0 Å². The summed E-state index contributed by atoms with van der Waals surface area (Å²) in [5.41, 5.74) is 9.71. The van der Waals surface area contributed by atoms with E-state index in [1.807, 2.05) is 6.07 Å². The Balaban J connectivity index is 1.04. The van der Waals surface area contributed by atoms with Gasteiger partial charge < -0.3 is 9.32 Å². The summed E-state index contributed by atoms with van der Waals surface area (Å²) in [6.45, 7) is 0. The lowest BCUT2D eigenvalue weighted by atomic mass is 9.87. The molecular weight excluding hydrogens is 775 g/mol. The van der Waals surface area contributed by atoms with Crippen LogP contribution in [0.15, 0.2) is 229 Å². The molecule has 14 aromatic rings. The van der Waals surface area contributed by atoms with Crippen LogP contribution in [-0.2, 0) is 0 Å². The van der Waals surface area contributed by atoms with Crippen molar-refractivity contribution in [2.24, 2.45) is 0 Å². The number of benzene rings is 12. The summed E-state index contributed by atoms with van der Waals surface area (Å²) in [7, 11) is 0. The molecule has 13 aromatic carbocycles. The topological polar surface area (TPSA) is 16.4 Å². The number of rotatable bonds is 5. The molecule has 0 aliphatic carbocycles. The molecule has 0 saturated heterocycles. The summed E-state index contributed by atoms with van der Waals surface area (Å²) >= 11 is 0. The number of anilines is 3. The third kappa shape index (κ3) is 5.08. The van der Waals surface area contributed by atoms with E-state index in [0.29, 0.717) is 0 Å². The van der Waals surface area contributed by atoms with Crippen molar-refractivity contribution in [2.75, 3.05) is 4.90 Å². The molecule has 64 heavy (non-hydrogen) atoms. The predicted molar refractivity (Wildman–Crippen MR) is 273 cm³/mol. The average Bonchev–Trinajstić information content (AvgIpc) is 3.75. The molecule has 0 amide bonds. The minimum Gasteiger partial charge on any atom is -0.455 e. The van der Waals surface area contributed by atoms with E-state index in [0.717, 1.165) is 50.1 Å². The van der Waals surface area contributed by atoms with Crippen molar-refractivity contribution in [3.8, 4) is 22.3 Å². The first-order chi connectivity index (χ1) is 31.7. The fraction of sp³-hybridized carbons (Fsp3) is 0. The molecule has 0 radical (unpaired) electrons. The largest absolute Gasteiger partial charge is 0.455 e. The van der Waals surface area contributed by atoms with Crippen molar-refractivity contribution in [1.29, 1.82) is 0 Å². The number of nitrogens with zero attached hydrogens (tertiary/aromatic N) is 1. The molecule has 0 fully saturated rings. The van der Waals surface area contributed by atoms with Crippen LogP contribution in [0.2, 0.25) is 0 Å². The van der Waals surface area contributed by atoms with Crippen LogP contribution in [0.1, 0.15) is 0 Å². The zero-order valence-electron chi connectivity index (χ0n) is 34.7. The van der Waals surface area contributed by atoms with Gasteiger partial charge in [0.1, 0.15) is 11.2 Å². The van der Waals surface area contributed by atoms with Crippen molar-refractivity contribution >= 4 is 114 Å². The first kappa shape index (κ1) is 35.2. The maximum absolute atomic E-state index is 6.51. The van der Waals surface area contributed by atoms with Crippen LogP contribution in [0.4, 0.5) is 17.1 Å². The Morgan fingerprint density at radius 2 is 0.734 bits per heavy atom. The third-order valence-corrected chi connectivity index (χ3v) is 13.8. The van der Waals surface area contributed by atoms with Crippen LogP contribution >= 0.6 is 0 Å². The molecule has 0 aliphatic rings. The molecule has 0 aliphatic heterocycles. The molecule has 0 N–H and O–H groups in total. The van der Waals surface area contributed by atoms with Crippen LogP contribution in [0.25, 0.3) is 120 Å². The van der Waals surface area contributed by atoms with Gasteiger partial charge in [0.15, 0.2) is 0 Å². The zero-order chi connectivity index (χ0) is 41.9. The number of furan rings is 1. The Labute approximate surface area is 368 Å². The number of hydrogen-bond donors (Lipinski definition) is 0. The molecule has 0 atom stereocenters. The van der Waals surface area contributed by atoms with Crippen LogP contribution in [0.5, 0.6) is 0 Å². The summed E-state index contributed by atoms with van der Waals surface area (Å²) in [5, 5.41) is 20.0. The van der Waals surface area contributed by atoms with Crippen LogP contribution in [0, 0.1) is 0 Å². The van der Waals surface area contributed by atoms with Gasteiger partial charge in [-0.15, -0.1) is 0 Å². The van der Waals surface area contributed by atoms with Gasteiger partial charge in [0.25, 0.3) is 0 Å². The highest BCUT2D eigenvalue weighted by molar-refractivity contribution is 6.38. The van der Waals surface area contributed by atoms with Gasteiger partial charge in [-0.25, -0.2) is 0 Å². The van der Waals surface area contributed by atoms with Gasteiger partial charge in [-0.1, -0.05) is 188 Å². The molecule has 14 rings (SSSR count). The van der Waals surface area contributed by atoms with E-state index in [2.05, 4.69) is 223 Å². The first-order valence-electron chi connectivity index (χ1n) is 22.1. The SMILES string of the molecule is c1ccc2c(-c3ccc(N(c4ccc(-c5cccc6c5oc5ccccc56)cc4)c4cc5cccc6c7cccc8ccc9cccc(c%10cccc4c%10c56)c9c87)cc3)cccc2c1.